The molecule has 3 aromatic heterocycles. The molecule has 3 N–H and O–H groups in total. The number of aromatic amines is 2. The number of amides is 1. The number of pyridine rings is 1. The van der Waals surface area contributed by atoms with Gasteiger partial charge in [-0.3, -0.25) is 9.59 Å². The third-order valence-corrected chi connectivity index (χ3v) is 4.01. The van der Waals surface area contributed by atoms with Gasteiger partial charge in [-0.05, 0) is 35.4 Å². The van der Waals surface area contributed by atoms with Crippen LogP contribution in [0.3, 0.4) is 0 Å². The highest BCUT2D eigenvalue weighted by Crippen LogP contribution is 2.20. The summed E-state index contributed by atoms with van der Waals surface area (Å²) in [6.07, 6.45) is 3.15. The molecule has 0 aliphatic carbocycles. The summed E-state index contributed by atoms with van der Waals surface area (Å²) in [6, 6.07) is 10.6. The van der Waals surface area contributed by atoms with E-state index < -0.39 is 0 Å². The fourth-order valence-corrected chi connectivity index (χ4v) is 2.61. The molecular formula is C19H14FN5O3. The number of H-pyrrole nitrogens is 2. The van der Waals surface area contributed by atoms with Gasteiger partial charge in [0.25, 0.3) is 5.91 Å². The smallest absolute Gasteiger partial charge is 0.268 e. The molecule has 0 atom stereocenters. The van der Waals surface area contributed by atoms with Gasteiger partial charge in [0, 0.05) is 24.0 Å². The van der Waals surface area contributed by atoms with Gasteiger partial charge in [0.2, 0.25) is 17.3 Å². The van der Waals surface area contributed by atoms with Gasteiger partial charge >= 0.3 is 0 Å². The largest absolute Gasteiger partial charge is 0.357 e. The van der Waals surface area contributed by atoms with Crippen LogP contribution >= 0.6 is 0 Å². The van der Waals surface area contributed by atoms with E-state index in [4.69, 9.17) is 4.52 Å². The summed E-state index contributed by atoms with van der Waals surface area (Å²) >= 11 is 0. The van der Waals surface area contributed by atoms with Gasteiger partial charge in [-0.1, -0.05) is 17.3 Å². The summed E-state index contributed by atoms with van der Waals surface area (Å²) < 4.78 is 18.1. The monoisotopic (exact) mass is 379 g/mol. The summed E-state index contributed by atoms with van der Waals surface area (Å²) in [7, 11) is 0. The van der Waals surface area contributed by atoms with Crippen LogP contribution in [0, 0.1) is 5.82 Å². The number of carbonyl (C=O) groups is 1. The second-order valence-corrected chi connectivity index (χ2v) is 5.94. The molecule has 0 saturated heterocycles. The first-order chi connectivity index (χ1) is 13.6. The van der Waals surface area contributed by atoms with E-state index in [9.17, 15) is 14.0 Å². The highest BCUT2D eigenvalue weighted by molar-refractivity contribution is 5.93. The predicted molar refractivity (Wildman–Crippen MR) is 97.7 cm³/mol. The van der Waals surface area contributed by atoms with E-state index in [1.165, 1.54) is 24.4 Å². The van der Waals surface area contributed by atoms with E-state index >= 15 is 0 Å². The molecule has 4 rings (SSSR count). The minimum atomic E-state index is -0.357. The van der Waals surface area contributed by atoms with E-state index in [-0.39, 0.29) is 35.5 Å². The van der Waals surface area contributed by atoms with Crippen molar-refractivity contribution in [3.63, 3.8) is 0 Å². The van der Waals surface area contributed by atoms with Crippen LogP contribution in [0.1, 0.15) is 16.4 Å². The zero-order valence-electron chi connectivity index (χ0n) is 14.4. The predicted octanol–water partition coefficient (Wildman–Crippen LogP) is 2.49. The molecule has 8 nitrogen and oxygen atoms in total. The summed E-state index contributed by atoms with van der Waals surface area (Å²) in [5.41, 5.74) is 2.13. The number of halogens is 1. The summed E-state index contributed by atoms with van der Waals surface area (Å²) in [6.45, 7) is 0.0277. The highest BCUT2D eigenvalue weighted by atomic mass is 19.1. The van der Waals surface area contributed by atoms with Crippen LogP contribution in [0.25, 0.3) is 22.5 Å². The van der Waals surface area contributed by atoms with Crippen molar-refractivity contribution in [1.82, 2.24) is 25.4 Å². The van der Waals surface area contributed by atoms with Gasteiger partial charge in [0.1, 0.15) is 11.5 Å². The normalized spacial score (nSPS) is 10.8. The van der Waals surface area contributed by atoms with Crippen LogP contribution in [0.5, 0.6) is 0 Å². The van der Waals surface area contributed by atoms with Gasteiger partial charge in [-0.25, -0.2) is 4.39 Å². The van der Waals surface area contributed by atoms with Crippen LogP contribution in [-0.2, 0) is 6.54 Å². The highest BCUT2D eigenvalue weighted by Gasteiger charge is 2.13. The van der Waals surface area contributed by atoms with Crippen molar-refractivity contribution in [2.75, 3.05) is 0 Å². The quantitative estimate of drug-likeness (QED) is 0.493. The Morgan fingerprint density at radius 3 is 2.68 bits per heavy atom. The topological polar surface area (TPSA) is 117 Å². The van der Waals surface area contributed by atoms with Crippen LogP contribution in [-0.4, -0.2) is 26.0 Å². The average Bonchev–Trinajstić information content (AvgIpc) is 3.37. The minimum absolute atomic E-state index is 0.0277. The van der Waals surface area contributed by atoms with Crippen molar-refractivity contribution in [3.8, 4) is 22.5 Å². The fourth-order valence-electron chi connectivity index (χ4n) is 2.61. The molecule has 0 unspecified atom stereocenters. The Morgan fingerprint density at radius 2 is 1.89 bits per heavy atom. The molecule has 1 aromatic carbocycles. The first-order valence-corrected chi connectivity index (χ1v) is 8.33. The first-order valence-electron chi connectivity index (χ1n) is 8.33. The molecule has 0 fully saturated rings. The third-order valence-electron chi connectivity index (χ3n) is 4.01. The number of benzene rings is 1. The van der Waals surface area contributed by atoms with Gasteiger partial charge in [0.15, 0.2) is 0 Å². The Morgan fingerprint density at radius 1 is 1.07 bits per heavy atom. The molecule has 0 saturated carbocycles. The number of hydrogen-bond donors (Lipinski definition) is 3. The Labute approximate surface area is 157 Å². The number of nitrogens with zero attached hydrogens (tertiary/aromatic N) is 2. The molecule has 140 valence electrons. The molecule has 0 spiro atoms. The van der Waals surface area contributed by atoms with Crippen LogP contribution in [0.2, 0.25) is 0 Å². The molecule has 3 heterocycles. The van der Waals surface area contributed by atoms with E-state index in [1.54, 1.807) is 30.5 Å². The minimum Gasteiger partial charge on any atom is -0.357 e. The molecular weight excluding hydrogens is 365 g/mol. The Bertz CT molecular complexity index is 1180. The lowest BCUT2D eigenvalue weighted by Crippen LogP contribution is -2.23. The number of hydrogen-bond acceptors (Lipinski definition) is 5. The SMILES string of the molecule is O=C(NCc1nc(-c2cc[nH]c(=O)c2)no1)c1cc(-c2ccc(F)cc2)c[nH]1. The van der Waals surface area contributed by atoms with Crippen LogP contribution in [0.4, 0.5) is 4.39 Å². The second-order valence-electron chi connectivity index (χ2n) is 5.94. The lowest BCUT2D eigenvalue weighted by atomic mass is 10.1. The molecule has 0 aliphatic heterocycles. The van der Waals surface area contributed by atoms with E-state index in [0.29, 0.717) is 11.3 Å². The van der Waals surface area contributed by atoms with Gasteiger partial charge in [-0.15, -0.1) is 0 Å². The van der Waals surface area contributed by atoms with Crippen molar-refractivity contribution >= 4 is 5.91 Å². The number of rotatable bonds is 5. The lowest BCUT2D eigenvalue weighted by molar-refractivity contribution is 0.0942. The molecule has 4 aromatic rings. The molecule has 0 radical (unpaired) electrons. The van der Waals surface area contributed by atoms with E-state index in [0.717, 1.165) is 11.1 Å². The first kappa shape index (κ1) is 17.4. The van der Waals surface area contributed by atoms with Crippen molar-refractivity contribution < 1.29 is 13.7 Å². The molecule has 9 heteroatoms. The van der Waals surface area contributed by atoms with Crippen LogP contribution in [0.15, 0.2) is 64.2 Å². The summed E-state index contributed by atoms with van der Waals surface area (Å²) in [5, 5.41) is 6.47. The van der Waals surface area contributed by atoms with E-state index in [1.807, 2.05) is 0 Å². The number of aromatic nitrogens is 4. The second kappa shape index (κ2) is 7.31. The lowest BCUT2D eigenvalue weighted by Gasteiger charge is -1.99. The van der Waals surface area contributed by atoms with Crippen molar-refractivity contribution in [3.05, 3.63) is 82.6 Å². The van der Waals surface area contributed by atoms with E-state index in [2.05, 4.69) is 25.4 Å². The standard InChI is InChI=1S/C19H14FN5O3/c20-14-3-1-11(2-4-14)13-7-15(22-9-13)19(27)23-10-17-24-18(25-28-17)12-5-6-21-16(26)8-12/h1-9,22H,10H2,(H,21,26)(H,23,27). The van der Waals surface area contributed by atoms with Gasteiger partial charge < -0.3 is 19.8 Å². The third kappa shape index (κ3) is 3.73. The maximum Gasteiger partial charge on any atom is 0.268 e. The van der Waals surface area contributed by atoms with Gasteiger partial charge in [0.05, 0.1) is 6.54 Å². The van der Waals surface area contributed by atoms with Crippen molar-refractivity contribution in [1.29, 1.82) is 0 Å². The maximum atomic E-state index is 13.0. The number of carbonyl (C=O) groups excluding carboxylic acids is 1. The van der Waals surface area contributed by atoms with Gasteiger partial charge in [-0.2, -0.15) is 4.98 Å². The zero-order valence-corrected chi connectivity index (χ0v) is 14.4. The summed E-state index contributed by atoms with van der Waals surface area (Å²) in [4.78, 5) is 33.2. The fraction of sp³-hybridized carbons (Fsp3) is 0.0526. The Balaban J connectivity index is 1.41. The molecule has 0 bridgehead atoms. The Hall–Kier alpha value is -4.01. The van der Waals surface area contributed by atoms with Crippen molar-refractivity contribution in [2.45, 2.75) is 6.54 Å². The average molecular weight is 379 g/mol. The summed E-state index contributed by atoms with van der Waals surface area (Å²) in [5.74, 6) is -0.219. The van der Waals surface area contributed by atoms with Crippen molar-refractivity contribution in [2.24, 2.45) is 0 Å². The molecule has 0 aliphatic rings. The maximum absolute atomic E-state index is 13.0. The number of nitrogens with one attached hydrogen (secondary N) is 3. The van der Waals surface area contributed by atoms with Crippen LogP contribution < -0.4 is 10.9 Å². The molecule has 1 amide bonds. The zero-order chi connectivity index (χ0) is 19.5. The molecule has 28 heavy (non-hydrogen) atoms. The Kier molecular flexibility index (Phi) is 4.55.